The molecular weight excluding hydrogens is 482 g/mol. The molecule has 0 fully saturated rings. The van der Waals surface area contributed by atoms with Gasteiger partial charge in [-0.3, -0.25) is 4.68 Å². The van der Waals surface area contributed by atoms with Gasteiger partial charge in [0, 0.05) is 35.3 Å². The maximum Gasteiger partial charge on any atom is 0.419 e. The number of rotatable bonds is 5. The Balaban J connectivity index is 1.87. The molecule has 0 bridgehead atoms. The molecule has 0 aliphatic rings. The molecule has 3 aromatic heterocycles. The molecule has 2 aromatic carbocycles. The van der Waals surface area contributed by atoms with Crippen LogP contribution in [0.15, 0.2) is 67.0 Å². The van der Waals surface area contributed by atoms with Crippen molar-refractivity contribution in [1.29, 1.82) is 0 Å². The molecule has 3 heterocycles. The van der Waals surface area contributed by atoms with Crippen molar-refractivity contribution in [2.45, 2.75) is 26.4 Å². The zero-order chi connectivity index (χ0) is 27.0. The molecule has 0 amide bonds. The van der Waals surface area contributed by atoms with Gasteiger partial charge in [0.25, 0.3) is 0 Å². The Morgan fingerprint density at radius 2 is 1.71 bits per heavy atom. The molecule has 5 aromatic rings. The summed E-state index contributed by atoms with van der Waals surface area (Å²) in [5.41, 5.74) is 4.19. The second-order valence-electron chi connectivity index (χ2n) is 9.84. The highest BCUT2D eigenvalue weighted by Gasteiger charge is 2.30. The molecule has 0 atom stereocenters. The van der Waals surface area contributed by atoms with Gasteiger partial charge >= 0.3 is 6.09 Å². The molecule has 0 aliphatic heterocycles. The van der Waals surface area contributed by atoms with E-state index in [4.69, 9.17) is 14.2 Å². The van der Waals surface area contributed by atoms with Crippen LogP contribution in [0.4, 0.5) is 4.79 Å². The van der Waals surface area contributed by atoms with Crippen LogP contribution >= 0.6 is 0 Å². The Morgan fingerprint density at radius 1 is 0.921 bits per heavy atom. The first-order valence-corrected chi connectivity index (χ1v) is 12.1. The predicted molar refractivity (Wildman–Crippen MR) is 145 cm³/mol. The maximum absolute atomic E-state index is 13.8. The summed E-state index contributed by atoms with van der Waals surface area (Å²) in [6.45, 7) is 5.52. The van der Waals surface area contributed by atoms with Crippen molar-refractivity contribution in [1.82, 2.24) is 24.5 Å². The number of para-hydroxylation sites is 1. The van der Waals surface area contributed by atoms with Gasteiger partial charge in [0.15, 0.2) is 0 Å². The number of ether oxygens (including phenoxy) is 3. The van der Waals surface area contributed by atoms with Crippen LogP contribution in [0.1, 0.15) is 20.8 Å². The van der Waals surface area contributed by atoms with Gasteiger partial charge < -0.3 is 14.2 Å². The summed E-state index contributed by atoms with van der Waals surface area (Å²) in [4.78, 5) is 13.8. The minimum atomic E-state index is -0.708. The van der Waals surface area contributed by atoms with E-state index in [1.807, 2.05) is 88.6 Å². The Bertz CT molecular complexity index is 1640. The van der Waals surface area contributed by atoms with Crippen LogP contribution < -0.4 is 9.47 Å². The topological polar surface area (TPSA) is 93.3 Å². The fourth-order valence-corrected chi connectivity index (χ4v) is 4.46. The molecule has 0 spiro atoms. The highest BCUT2D eigenvalue weighted by atomic mass is 16.6. The first-order valence-electron chi connectivity index (χ1n) is 12.1. The molecule has 9 nitrogen and oxygen atoms in total. The van der Waals surface area contributed by atoms with Crippen LogP contribution in [0, 0.1) is 0 Å². The van der Waals surface area contributed by atoms with Gasteiger partial charge in [-0.1, -0.05) is 30.3 Å². The molecule has 0 saturated heterocycles. The maximum atomic E-state index is 13.8. The lowest BCUT2D eigenvalue weighted by Crippen LogP contribution is -2.27. The van der Waals surface area contributed by atoms with Gasteiger partial charge in [0.05, 0.1) is 42.9 Å². The van der Waals surface area contributed by atoms with Gasteiger partial charge in [-0.15, -0.1) is 10.2 Å². The average Bonchev–Trinajstić information content (AvgIpc) is 3.48. The highest BCUT2D eigenvalue weighted by Crippen LogP contribution is 2.44. The number of benzene rings is 2. The standard InChI is InChI=1S/C29H29N5O4/c1-29(2,3)38-28(35)34-24-13-8-7-12-21(24)25(19-16-30-33(4)17-19)26(34)22-15-23(31-32-27(22)37-6)18-10-9-11-20(14-18)36-5/h7-17H,1-6H3. The first kappa shape index (κ1) is 25.0. The number of hydrogen-bond donors (Lipinski definition) is 0. The van der Waals surface area contributed by atoms with E-state index in [0.717, 1.165) is 22.1 Å². The van der Waals surface area contributed by atoms with Crippen LogP contribution in [-0.2, 0) is 11.8 Å². The smallest absolute Gasteiger partial charge is 0.419 e. The normalized spacial score (nSPS) is 11.5. The second-order valence-corrected chi connectivity index (χ2v) is 9.84. The molecule has 0 aliphatic carbocycles. The van der Waals surface area contributed by atoms with E-state index in [0.29, 0.717) is 28.2 Å². The SMILES string of the molecule is COc1cccc(-c2cc(-c3c(-c4cnn(C)c4)c4ccccc4n3C(=O)OC(C)(C)C)c(OC)nn2)c1. The largest absolute Gasteiger partial charge is 0.497 e. The third-order valence-electron chi connectivity index (χ3n) is 6.02. The first-order chi connectivity index (χ1) is 18.2. The molecule has 0 unspecified atom stereocenters. The van der Waals surface area contributed by atoms with Crippen molar-refractivity contribution in [3.63, 3.8) is 0 Å². The number of carbonyl (C=O) groups is 1. The van der Waals surface area contributed by atoms with Crippen molar-refractivity contribution in [3.05, 3.63) is 67.0 Å². The van der Waals surface area contributed by atoms with Crippen molar-refractivity contribution in [3.8, 4) is 45.3 Å². The van der Waals surface area contributed by atoms with Crippen LogP contribution in [0.2, 0.25) is 0 Å². The number of aryl methyl sites for hydroxylation is 1. The van der Waals surface area contributed by atoms with E-state index in [9.17, 15) is 4.79 Å². The quantitative estimate of drug-likeness (QED) is 0.287. The lowest BCUT2D eigenvalue weighted by molar-refractivity contribution is 0.0547. The summed E-state index contributed by atoms with van der Waals surface area (Å²) in [7, 11) is 5.00. The van der Waals surface area contributed by atoms with Gasteiger partial charge in [-0.25, -0.2) is 9.36 Å². The number of nitrogens with zero attached hydrogens (tertiary/aromatic N) is 5. The number of hydrogen-bond acceptors (Lipinski definition) is 7. The molecular formula is C29H29N5O4. The minimum absolute atomic E-state index is 0.273. The summed E-state index contributed by atoms with van der Waals surface area (Å²) in [6, 6.07) is 17.1. The number of carbonyl (C=O) groups excluding carboxylic acids is 1. The molecule has 5 rings (SSSR count). The van der Waals surface area contributed by atoms with Crippen molar-refractivity contribution in [2.24, 2.45) is 7.05 Å². The van der Waals surface area contributed by atoms with Crippen molar-refractivity contribution >= 4 is 17.0 Å². The average molecular weight is 512 g/mol. The fraction of sp³-hybridized carbons (Fsp3) is 0.241. The van der Waals surface area contributed by atoms with Gasteiger partial charge in [-0.2, -0.15) is 5.10 Å². The van der Waals surface area contributed by atoms with Gasteiger partial charge in [-0.05, 0) is 45.0 Å². The molecule has 9 heteroatoms. The molecule has 0 saturated carbocycles. The lowest BCUT2D eigenvalue weighted by Gasteiger charge is -2.21. The van der Waals surface area contributed by atoms with E-state index in [2.05, 4.69) is 15.3 Å². The van der Waals surface area contributed by atoms with Crippen LogP contribution in [0.5, 0.6) is 11.6 Å². The van der Waals surface area contributed by atoms with Crippen LogP contribution in [0.3, 0.4) is 0 Å². The summed E-state index contributed by atoms with van der Waals surface area (Å²) >= 11 is 0. The van der Waals surface area contributed by atoms with E-state index in [1.54, 1.807) is 22.6 Å². The van der Waals surface area contributed by atoms with E-state index < -0.39 is 11.7 Å². The number of methoxy groups -OCH3 is 2. The summed E-state index contributed by atoms with van der Waals surface area (Å²) in [6.07, 6.45) is 3.17. The summed E-state index contributed by atoms with van der Waals surface area (Å²) < 4.78 is 20.3. The van der Waals surface area contributed by atoms with Crippen LogP contribution in [-0.4, -0.2) is 50.5 Å². The highest BCUT2D eigenvalue weighted by molar-refractivity contribution is 6.09. The van der Waals surface area contributed by atoms with Gasteiger partial charge in [0.1, 0.15) is 11.4 Å². The molecule has 0 N–H and O–H groups in total. The zero-order valence-electron chi connectivity index (χ0n) is 22.2. The Hall–Kier alpha value is -4.66. The summed E-state index contributed by atoms with van der Waals surface area (Å²) in [5, 5.41) is 14.1. The lowest BCUT2D eigenvalue weighted by atomic mass is 10.00. The molecule has 0 radical (unpaired) electrons. The third-order valence-corrected chi connectivity index (χ3v) is 6.02. The van der Waals surface area contributed by atoms with Crippen LogP contribution in [0.25, 0.3) is 44.5 Å². The Labute approximate surface area is 220 Å². The number of aromatic nitrogens is 5. The van der Waals surface area contributed by atoms with E-state index >= 15 is 0 Å². The third kappa shape index (κ3) is 4.58. The Kier molecular flexibility index (Phi) is 6.36. The summed E-state index contributed by atoms with van der Waals surface area (Å²) in [5.74, 6) is 0.968. The molecule has 38 heavy (non-hydrogen) atoms. The predicted octanol–water partition coefficient (Wildman–Crippen LogP) is 5.97. The fourth-order valence-electron chi connectivity index (χ4n) is 4.46. The zero-order valence-corrected chi connectivity index (χ0v) is 22.2. The minimum Gasteiger partial charge on any atom is -0.497 e. The van der Waals surface area contributed by atoms with Gasteiger partial charge in [0.2, 0.25) is 5.88 Å². The monoisotopic (exact) mass is 511 g/mol. The van der Waals surface area contributed by atoms with E-state index in [-0.39, 0.29) is 5.88 Å². The molecule has 194 valence electrons. The Morgan fingerprint density at radius 3 is 2.39 bits per heavy atom. The van der Waals surface area contributed by atoms with Crippen molar-refractivity contribution < 1.29 is 19.0 Å². The van der Waals surface area contributed by atoms with Crippen molar-refractivity contribution in [2.75, 3.05) is 14.2 Å². The van der Waals surface area contributed by atoms with E-state index in [1.165, 1.54) is 7.11 Å². The number of fused-ring (bicyclic) bond motifs is 1. The second kappa shape index (κ2) is 9.66.